The maximum atomic E-state index is 10.8. The Labute approximate surface area is 103 Å². The lowest BCUT2D eigenvalue weighted by atomic mass is 10.1. The zero-order valence-electron chi connectivity index (χ0n) is 10.3. The fraction of sp³-hybridized carbons (Fsp3) is 0.500. The maximum absolute atomic E-state index is 10.8. The molecular formula is C12H20N2O2S. The summed E-state index contributed by atoms with van der Waals surface area (Å²) in [6, 6.07) is 10.5. The molecule has 0 fully saturated rings. The van der Waals surface area contributed by atoms with E-state index in [2.05, 4.69) is 29.1 Å². The van der Waals surface area contributed by atoms with E-state index in [0.29, 0.717) is 6.54 Å². The predicted molar refractivity (Wildman–Crippen MR) is 70.3 cm³/mol. The first-order valence-electron chi connectivity index (χ1n) is 5.72. The Hall–Kier alpha value is -0.910. The minimum Gasteiger partial charge on any atom is -0.310 e. The van der Waals surface area contributed by atoms with Crippen LogP contribution in [0.5, 0.6) is 0 Å². The van der Waals surface area contributed by atoms with Gasteiger partial charge in [-0.25, -0.2) is 13.1 Å². The molecule has 0 aliphatic heterocycles. The number of nitrogens with one attached hydrogen (secondary N) is 2. The van der Waals surface area contributed by atoms with Gasteiger partial charge in [-0.05, 0) is 25.5 Å². The Morgan fingerprint density at radius 1 is 1.18 bits per heavy atom. The van der Waals surface area contributed by atoms with E-state index in [1.165, 1.54) is 11.8 Å². The van der Waals surface area contributed by atoms with Crippen LogP contribution in [-0.2, 0) is 10.0 Å². The van der Waals surface area contributed by atoms with Crippen LogP contribution in [0.1, 0.15) is 24.9 Å². The first-order valence-corrected chi connectivity index (χ1v) is 7.61. The van der Waals surface area contributed by atoms with Gasteiger partial charge in [-0.1, -0.05) is 30.3 Å². The first-order chi connectivity index (χ1) is 7.99. The van der Waals surface area contributed by atoms with E-state index >= 15 is 0 Å². The zero-order valence-corrected chi connectivity index (χ0v) is 11.1. The lowest BCUT2D eigenvalue weighted by molar-refractivity contribution is 0.548. The highest BCUT2D eigenvalue weighted by molar-refractivity contribution is 7.88. The summed E-state index contributed by atoms with van der Waals surface area (Å²) < 4.78 is 24.1. The van der Waals surface area contributed by atoms with Crippen molar-refractivity contribution in [2.45, 2.75) is 19.4 Å². The van der Waals surface area contributed by atoms with Gasteiger partial charge in [0.15, 0.2) is 0 Å². The largest absolute Gasteiger partial charge is 0.310 e. The molecule has 0 bridgehead atoms. The van der Waals surface area contributed by atoms with Crippen molar-refractivity contribution in [1.29, 1.82) is 0 Å². The average molecular weight is 256 g/mol. The molecule has 96 valence electrons. The van der Waals surface area contributed by atoms with Gasteiger partial charge in [0.1, 0.15) is 0 Å². The van der Waals surface area contributed by atoms with Gasteiger partial charge >= 0.3 is 0 Å². The van der Waals surface area contributed by atoms with E-state index in [1.54, 1.807) is 0 Å². The molecule has 4 nitrogen and oxygen atoms in total. The summed E-state index contributed by atoms with van der Waals surface area (Å²) in [7, 11) is -3.05. The highest BCUT2D eigenvalue weighted by Gasteiger charge is 2.03. The van der Waals surface area contributed by atoms with Crippen LogP contribution in [0.3, 0.4) is 0 Å². The second kappa shape index (κ2) is 6.74. The lowest BCUT2D eigenvalue weighted by Crippen LogP contribution is -2.27. The summed E-state index contributed by atoms with van der Waals surface area (Å²) in [5, 5.41) is 3.35. The van der Waals surface area contributed by atoms with E-state index in [1.807, 2.05) is 18.2 Å². The fourth-order valence-electron chi connectivity index (χ4n) is 1.52. The highest BCUT2D eigenvalue weighted by atomic mass is 32.2. The summed E-state index contributed by atoms with van der Waals surface area (Å²) in [4.78, 5) is 0. The third kappa shape index (κ3) is 6.41. The van der Waals surface area contributed by atoms with Crippen LogP contribution in [0.15, 0.2) is 30.3 Å². The van der Waals surface area contributed by atoms with Crippen molar-refractivity contribution in [1.82, 2.24) is 10.0 Å². The minimum absolute atomic E-state index is 0.287. The molecule has 1 aromatic rings. The van der Waals surface area contributed by atoms with Crippen molar-refractivity contribution in [3.63, 3.8) is 0 Å². The van der Waals surface area contributed by atoms with E-state index in [0.717, 1.165) is 13.0 Å². The van der Waals surface area contributed by atoms with Crippen LogP contribution >= 0.6 is 0 Å². The Morgan fingerprint density at radius 2 is 1.82 bits per heavy atom. The summed E-state index contributed by atoms with van der Waals surface area (Å²) in [6.07, 6.45) is 1.96. The van der Waals surface area contributed by atoms with E-state index < -0.39 is 10.0 Å². The highest BCUT2D eigenvalue weighted by Crippen LogP contribution is 2.10. The molecule has 1 rings (SSSR count). The molecular weight excluding hydrogens is 236 g/mol. The van der Waals surface area contributed by atoms with Crippen molar-refractivity contribution >= 4 is 10.0 Å². The first kappa shape index (κ1) is 14.2. The SMILES string of the molecule is CC(NCCCNS(C)(=O)=O)c1ccccc1. The molecule has 0 aliphatic rings. The lowest BCUT2D eigenvalue weighted by Gasteiger charge is -2.13. The summed E-state index contributed by atoms with van der Waals surface area (Å²) in [5.74, 6) is 0. The molecule has 0 aromatic heterocycles. The van der Waals surface area contributed by atoms with Crippen LogP contribution in [0.25, 0.3) is 0 Å². The maximum Gasteiger partial charge on any atom is 0.208 e. The summed E-state index contributed by atoms with van der Waals surface area (Å²) >= 11 is 0. The van der Waals surface area contributed by atoms with Crippen molar-refractivity contribution in [2.75, 3.05) is 19.3 Å². The van der Waals surface area contributed by atoms with Crippen LogP contribution in [0, 0.1) is 0 Å². The van der Waals surface area contributed by atoms with Gasteiger partial charge in [-0.15, -0.1) is 0 Å². The standard InChI is InChI=1S/C12H20N2O2S/c1-11(12-7-4-3-5-8-12)13-9-6-10-14-17(2,15)16/h3-5,7-8,11,13-14H,6,9-10H2,1-2H3. The van der Waals surface area contributed by atoms with Crippen molar-refractivity contribution in [3.8, 4) is 0 Å². The molecule has 0 saturated carbocycles. The van der Waals surface area contributed by atoms with Crippen molar-refractivity contribution < 1.29 is 8.42 Å². The van der Waals surface area contributed by atoms with Crippen LogP contribution in [0.4, 0.5) is 0 Å². The molecule has 17 heavy (non-hydrogen) atoms. The van der Waals surface area contributed by atoms with E-state index in [-0.39, 0.29) is 6.04 Å². The Kier molecular flexibility index (Phi) is 5.61. The van der Waals surface area contributed by atoms with Gasteiger partial charge in [0, 0.05) is 12.6 Å². The third-order valence-corrected chi connectivity index (χ3v) is 3.20. The van der Waals surface area contributed by atoms with E-state index in [9.17, 15) is 8.42 Å². The predicted octanol–water partition coefficient (Wildman–Crippen LogP) is 1.28. The van der Waals surface area contributed by atoms with Gasteiger partial charge in [0.2, 0.25) is 10.0 Å². The van der Waals surface area contributed by atoms with Crippen LogP contribution in [0.2, 0.25) is 0 Å². The number of rotatable bonds is 7. The van der Waals surface area contributed by atoms with Gasteiger partial charge in [0.25, 0.3) is 0 Å². The smallest absolute Gasteiger partial charge is 0.208 e. The molecule has 0 amide bonds. The van der Waals surface area contributed by atoms with Gasteiger partial charge in [-0.3, -0.25) is 0 Å². The van der Waals surface area contributed by atoms with Gasteiger partial charge in [0.05, 0.1) is 6.26 Å². The van der Waals surface area contributed by atoms with Crippen LogP contribution < -0.4 is 10.0 Å². The second-order valence-electron chi connectivity index (χ2n) is 4.11. The van der Waals surface area contributed by atoms with Gasteiger partial charge < -0.3 is 5.32 Å². The van der Waals surface area contributed by atoms with Gasteiger partial charge in [-0.2, -0.15) is 0 Å². The molecule has 0 spiro atoms. The van der Waals surface area contributed by atoms with E-state index in [4.69, 9.17) is 0 Å². The quantitative estimate of drug-likeness (QED) is 0.722. The molecule has 0 radical (unpaired) electrons. The molecule has 1 aromatic carbocycles. The molecule has 0 saturated heterocycles. The topological polar surface area (TPSA) is 58.2 Å². The fourth-order valence-corrected chi connectivity index (χ4v) is 2.04. The molecule has 0 heterocycles. The summed E-state index contributed by atoms with van der Waals surface area (Å²) in [6.45, 7) is 3.37. The molecule has 5 heteroatoms. The molecule has 1 atom stereocenters. The Morgan fingerprint density at radius 3 is 2.41 bits per heavy atom. The zero-order chi connectivity index (χ0) is 12.7. The van der Waals surface area contributed by atoms with Crippen molar-refractivity contribution in [3.05, 3.63) is 35.9 Å². The Bertz CT molecular complexity index is 417. The Balaban J connectivity index is 2.19. The second-order valence-corrected chi connectivity index (χ2v) is 5.94. The van der Waals surface area contributed by atoms with Crippen LogP contribution in [-0.4, -0.2) is 27.8 Å². The number of hydrogen-bond acceptors (Lipinski definition) is 3. The molecule has 0 aliphatic carbocycles. The monoisotopic (exact) mass is 256 g/mol. The minimum atomic E-state index is -3.05. The molecule has 2 N–H and O–H groups in total. The number of benzene rings is 1. The van der Waals surface area contributed by atoms with Crippen molar-refractivity contribution in [2.24, 2.45) is 0 Å². The molecule has 1 unspecified atom stereocenters. The average Bonchev–Trinajstić information content (AvgIpc) is 2.28. The number of sulfonamides is 1. The normalized spacial score (nSPS) is 13.5. The summed E-state index contributed by atoms with van der Waals surface area (Å²) in [5.41, 5.74) is 1.24. The number of hydrogen-bond donors (Lipinski definition) is 2. The third-order valence-electron chi connectivity index (χ3n) is 2.47.